The summed E-state index contributed by atoms with van der Waals surface area (Å²) in [6.07, 6.45) is 8.48. The van der Waals surface area contributed by atoms with Crippen LogP contribution >= 0.6 is 0 Å². The molecule has 0 unspecified atom stereocenters. The van der Waals surface area contributed by atoms with Crippen LogP contribution in [0.2, 0.25) is 0 Å². The molecule has 0 aromatic carbocycles. The number of fused-ring (bicyclic) bond motifs is 1. The smallest absolute Gasteiger partial charge is 0.409 e. The van der Waals surface area contributed by atoms with Gasteiger partial charge in [0.25, 0.3) is 0 Å². The molecule has 3 heterocycles. The Morgan fingerprint density at radius 2 is 1.85 bits per heavy atom. The van der Waals surface area contributed by atoms with Crippen molar-refractivity contribution < 1.29 is 14.3 Å². The second-order valence-electron chi connectivity index (χ2n) is 7.88. The maximum Gasteiger partial charge on any atom is 0.409 e. The van der Waals surface area contributed by atoms with Gasteiger partial charge in [-0.05, 0) is 20.8 Å². The van der Waals surface area contributed by atoms with E-state index in [2.05, 4.69) is 10.2 Å². The van der Waals surface area contributed by atoms with E-state index in [-0.39, 0.29) is 12.1 Å². The molecule has 0 N–H and O–H groups in total. The summed E-state index contributed by atoms with van der Waals surface area (Å²) in [4.78, 5) is 18.4. The van der Waals surface area contributed by atoms with Crippen molar-refractivity contribution in [3.05, 3.63) is 30.4 Å². The van der Waals surface area contributed by atoms with Crippen molar-refractivity contribution in [3.8, 4) is 17.1 Å². The minimum Gasteiger partial charge on any atom is -0.470 e. The highest BCUT2D eigenvalue weighted by Gasteiger charge is 2.46. The summed E-state index contributed by atoms with van der Waals surface area (Å²) >= 11 is 0. The van der Waals surface area contributed by atoms with E-state index in [1.165, 1.54) is 0 Å². The molecule has 33 heavy (non-hydrogen) atoms. The molecule has 0 atom stereocenters. The lowest BCUT2D eigenvalue weighted by atomic mass is 9.76. The maximum atomic E-state index is 12.0. The largest absolute Gasteiger partial charge is 0.470 e. The Morgan fingerprint density at radius 3 is 2.42 bits per heavy atom. The standard InChI is InChI=1S/C20H26N6O3.2C2H6/c1-6-28-19(27)25(5)15-7-20(3,8-15)29-18-17-13(2)9-22-26(17)12-16(23-18)14-10-21-24(4)11-14;2*1-2/h9-12,15H,6-8H2,1-5H3;2*1-2H3. The molecule has 1 saturated carbocycles. The molecule has 3 aromatic heterocycles. The van der Waals surface area contributed by atoms with Gasteiger partial charge >= 0.3 is 6.09 Å². The zero-order valence-electron chi connectivity index (χ0n) is 21.4. The highest BCUT2D eigenvalue weighted by Crippen LogP contribution is 2.40. The molecule has 1 fully saturated rings. The van der Waals surface area contributed by atoms with Gasteiger partial charge in [0.1, 0.15) is 11.1 Å². The topological polar surface area (TPSA) is 86.8 Å². The van der Waals surface area contributed by atoms with Crippen LogP contribution in [0, 0.1) is 6.92 Å². The Morgan fingerprint density at radius 1 is 1.18 bits per heavy atom. The predicted molar refractivity (Wildman–Crippen MR) is 129 cm³/mol. The first-order valence-electron chi connectivity index (χ1n) is 11.7. The van der Waals surface area contributed by atoms with E-state index in [0.717, 1.165) is 22.3 Å². The molecule has 0 saturated heterocycles. The number of nitrogens with zero attached hydrogens (tertiary/aromatic N) is 6. The number of carbonyl (C=O) groups is 1. The lowest BCUT2D eigenvalue weighted by molar-refractivity contribution is -0.0502. The summed E-state index contributed by atoms with van der Waals surface area (Å²) in [5.74, 6) is 0.543. The molecule has 3 aromatic rings. The molecular formula is C24H38N6O3. The van der Waals surface area contributed by atoms with Gasteiger partial charge in [-0.3, -0.25) is 4.68 Å². The maximum absolute atomic E-state index is 12.0. The number of aromatic nitrogens is 5. The van der Waals surface area contributed by atoms with Crippen LogP contribution in [0.15, 0.2) is 24.8 Å². The van der Waals surface area contributed by atoms with Gasteiger partial charge in [-0.1, -0.05) is 27.7 Å². The fourth-order valence-corrected chi connectivity index (χ4v) is 3.79. The second kappa shape index (κ2) is 11.2. The van der Waals surface area contributed by atoms with Crippen molar-refractivity contribution >= 4 is 11.6 Å². The van der Waals surface area contributed by atoms with Crippen molar-refractivity contribution in [3.63, 3.8) is 0 Å². The van der Waals surface area contributed by atoms with E-state index >= 15 is 0 Å². The van der Waals surface area contributed by atoms with Gasteiger partial charge < -0.3 is 14.4 Å². The quantitative estimate of drug-likeness (QED) is 0.542. The van der Waals surface area contributed by atoms with E-state index in [9.17, 15) is 4.79 Å². The lowest BCUT2D eigenvalue weighted by Crippen LogP contribution is -2.57. The monoisotopic (exact) mass is 458 g/mol. The molecule has 1 aliphatic carbocycles. The van der Waals surface area contributed by atoms with Crippen LogP contribution in [-0.2, 0) is 11.8 Å². The SMILES string of the molecule is CC.CC.CCOC(=O)N(C)C1CC(C)(Oc2nc(-c3cnn(C)c3)cn3ncc(C)c23)C1. The molecule has 0 radical (unpaired) electrons. The number of rotatable bonds is 5. The average Bonchev–Trinajstić information content (AvgIpc) is 3.40. The highest BCUT2D eigenvalue weighted by atomic mass is 16.6. The van der Waals surface area contributed by atoms with E-state index in [4.69, 9.17) is 14.5 Å². The van der Waals surface area contributed by atoms with E-state index in [1.807, 2.05) is 61.0 Å². The van der Waals surface area contributed by atoms with Crippen molar-refractivity contribution in [1.29, 1.82) is 0 Å². The molecule has 0 bridgehead atoms. The first-order valence-corrected chi connectivity index (χ1v) is 11.7. The normalized spacial score (nSPS) is 18.9. The molecule has 182 valence electrons. The van der Waals surface area contributed by atoms with Crippen LogP contribution in [-0.4, -0.2) is 60.7 Å². The average molecular weight is 459 g/mol. The summed E-state index contributed by atoms with van der Waals surface area (Å²) in [7, 11) is 3.63. The van der Waals surface area contributed by atoms with Crippen LogP contribution in [0.5, 0.6) is 5.88 Å². The molecular weight excluding hydrogens is 420 g/mol. The molecule has 1 amide bonds. The van der Waals surface area contributed by atoms with Crippen LogP contribution in [0.4, 0.5) is 4.79 Å². The first kappa shape index (κ1) is 26.2. The summed E-state index contributed by atoms with van der Waals surface area (Å²) < 4.78 is 15.0. The third kappa shape index (κ3) is 5.64. The number of hydrogen-bond acceptors (Lipinski definition) is 6. The third-order valence-electron chi connectivity index (χ3n) is 5.43. The fraction of sp³-hybridized carbons (Fsp3) is 0.583. The number of hydrogen-bond donors (Lipinski definition) is 0. The van der Waals surface area contributed by atoms with Crippen molar-refractivity contribution in [1.82, 2.24) is 29.3 Å². The van der Waals surface area contributed by atoms with Crippen LogP contribution in [0.3, 0.4) is 0 Å². The first-order chi connectivity index (χ1) is 15.8. The lowest BCUT2D eigenvalue weighted by Gasteiger charge is -2.47. The highest BCUT2D eigenvalue weighted by molar-refractivity contribution is 5.68. The van der Waals surface area contributed by atoms with Gasteiger partial charge in [-0.15, -0.1) is 0 Å². The van der Waals surface area contributed by atoms with Crippen LogP contribution in [0.1, 0.15) is 59.9 Å². The van der Waals surface area contributed by atoms with Gasteiger partial charge in [0.2, 0.25) is 5.88 Å². The van der Waals surface area contributed by atoms with Crippen molar-refractivity contribution in [2.45, 2.75) is 73.0 Å². The van der Waals surface area contributed by atoms with Crippen molar-refractivity contribution in [2.75, 3.05) is 13.7 Å². The number of carbonyl (C=O) groups excluding carboxylic acids is 1. The number of aryl methyl sites for hydroxylation is 2. The number of ether oxygens (including phenoxy) is 2. The Hall–Kier alpha value is -3.10. The van der Waals surface area contributed by atoms with Crippen LogP contribution < -0.4 is 4.74 Å². The Balaban J connectivity index is 0.000000914. The van der Waals surface area contributed by atoms with Crippen molar-refractivity contribution in [2.24, 2.45) is 7.05 Å². The zero-order chi connectivity index (χ0) is 24.8. The molecule has 1 aliphatic rings. The Bertz CT molecular complexity index is 1050. The van der Waals surface area contributed by atoms with Gasteiger partial charge in [-0.25, -0.2) is 14.3 Å². The van der Waals surface area contributed by atoms with E-state index in [0.29, 0.717) is 25.3 Å². The molecule has 4 rings (SSSR count). The fourth-order valence-electron chi connectivity index (χ4n) is 3.79. The summed E-state index contributed by atoms with van der Waals surface area (Å²) in [6.45, 7) is 14.2. The second-order valence-corrected chi connectivity index (χ2v) is 7.88. The van der Waals surface area contributed by atoms with Gasteiger partial charge in [0, 0.05) is 50.3 Å². The summed E-state index contributed by atoms with van der Waals surface area (Å²) in [6, 6.07) is 0.0857. The molecule has 9 heteroatoms. The van der Waals surface area contributed by atoms with Gasteiger partial charge in [0.15, 0.2) is 0 Å². The Kier molecular flexibility index (Phi) is 8.84. The molecule has 0 aliphatic heterocycles. The predicted octanol–water partition coefficient (Wildman–Crippen LogP) is 4.88. The van der Waals surface area contributed by atoms with Gasteiger partial charge in [0.05, 0.1) is 30.9 Å². The molecule has 0 spiro atoms. The summed E-state index contributed by atoms with van der Waals surface area (Å²) in [5, 5.41) is 8.66. The third-order valence-corrected chi connectivity index (χ3v) is 5.43. The van der Waals surface area contributed by atoms with E-state index in [1.54, 1.807) is 40.5 Å². The number of amides is 1. The molecule has 9 nitrogen and oxygen atoms in total. The van der Waals surface area contributed by atoms with E-state index < -0.39 is 5.60 Å². The minimum absolute atomic E-state index is 0.0857. The zero-order valence-corrected chi connectivity index (χ0v) is 21.4. The summed E-state index contributed by atoms with van der Waals surface area (Å²) in [5.41, 5.74) is 3.07. The Labute approximate surface area is 196 Å². The van der Waals surface area contributed by atoms with Gasteiger partial charge in [-0.2, -0.15) is 10.2 Å². The minimum atomic E-state index is -0.414. The van der Waals surface area contributed by atoms with Crippen LogP contribution in [0.25, 0.3) is 16.8 Å².